The van der Waals surface area contributed by atoms with Crippen LogP contribution in [0, 0.1) is 0 Å². The van der Waals surface area contributed by atoms with Gasteiger partial charge in [-0.25, -0.2) is 8.42 Å². The fraction of sp³-hybridized carbons (Fsp3) is 0.611. The maximum atomic E-state index is 13.1. The number of sulfonamides is 1. The Morgan fingerprint density at radius 1 is 1.30 bits per heavy atom. The molecule has 2 aliphatic heterocycles. The van der Waals surface area contributed by atoms with E-state index in [0.29, 0.717) is 13.2 Å². The first-order valence-corrected chi connectivity index (χ1v) is 10.9. The van der Waals surface area contributed by atoms with E-state index < -0.39 is 10.0 Å². The van der Waals surface area contributed by atoms with Gasteiger partial charge in [-0.05, 0) is 44.9 Å². The SMILES string of the molecule is CC1CN(S(=O)(=O)c2cc(C(=O)NCC3CCCO3)ccc2Cl)CC(C)O1. The summed E-state index contributed by atoms with van der Waals surface area (Å²) in [5, 5.41) is 2.89. The fourth-order valence-corrected chi connectivity index (χ4v) is 5.51. The van der Waals surface area contributed by atoms with Crippen LogP contribution in [-0.4, -0.2) is 63.2 Å². The summed E-state index contributed by atoms with van der Waals surface area (Å²) in [6.45, 7) is 5.27. The molecule has 0 spiro atoms. The molecule has 1 aromatic carbocycles. The number of hydrogen-bond acceptors (Lipinski definition) is 5. The molecular weight excluding hydrogens is 392 g/mol. The topological polar surface area (TPSA) is 84.9 Å². The van der Waals surface area contributed by atoms with Gasteiger partial charge >= 0.3 is 0 Å². The van der Waals surface area contributed by atoms with Crippen LogP contribution < -0.4 is 5.32 Å². The monoisotopic (exact) mass is 416 g/mol. The molecule has 1 aromatic rings. The van der Waals surface area contributed by atoms with E-state index in [4.69, 9.17) is 21.1 Å². The normalized spacial score (nSPS) is 26.9. The molecule has 3 atom stereocenters. The van der Waals surface area contributed by atoms with Crippen molar-refractivity contribution in [1.82, 2.24) is 9.62 Å². The van der Waals surface area contributed by atoms with Crippen molar-refractivity contribution in [3.8, 4) is 0 Å². The number of carbonyl (C=O) groups is 1. The molecule has 27 heavy (non-hydrogen) atoms. The fourth-order valence-electron chi connectivity index (χ4n) is 3.42. The number of hydrogen-bond donors (Lipinski definition) is 1. The largest absolute Gasteiger partial charge is 0.376 e. The van der Waals surface area contributed by atoms with Crippen LogP contribution in [0.5, 0.6) is 0 Å². The molecule has 0 aliphatic carbocycles. The zero-order chi connectivity index (χ0) is 19.6. The standard InChI is InChI=1S/C18H25ClN2O5S/c1-12-10-21(11-13(2)26-12)27(23,24)17-8-14(5-6-16(17)19)18(22)20-9-15-4-3-7-25-15/h5-6,8,12-13,15H,3-4,7,9-11H2,1-2H3,(H,20,22). The molecule has 2 heterocycles. The van der Waals surface area contributed by atoms with Crippen LogP contribution >= 0.6 is 11.6 Å². The molecule has 1 amide bonds. The molecule has 2 aliphatic rings. The Balaban J connectivity index is 1.78. The number of nitrogens with zero attached hydrogens (tertiary/aromatic N) is 1. The molecule has 0 saturated carbocycles. The Bertz CT molecular complexity index is 785. The number of halogens is 1. The lowest BCUT2D eigenvalue weighted by molar-refractivity contribution is -0.0440. The van der Waals surface area contributed by atoms with Crippen LogP contribution in [0.1, 0.15) is 37.0 Å². The lowest BCUT2D eigenvalue weighted by Gasteiger charge is -2.34. The van der Waals surface area contributed by atoms with Gasteiger partial charge in [0.1, 0.15) is 4.90 Å². The first-order valence-electron chi connectivity index (χ1n) is 9.12. The van der Waals surface area contributed by atoms with Gasteiger partial charge in [0, 0.05) is 31.8 Å². The molecule has 7 nitrogen and oxygen atoms in total. The third-order valence-corrected chi connectivity index (χ3v) is 7.02. The molecule has 0 bridgehead atoms. The second-order valence-corrected chi connectivity index (χ2v) is 9.38. The van der Waals surface area contributed by atoms with Crippen molar-refractivity contribution in [1.29, 1.82) is 0 Å². The summed E-state index contributed by atoms with van der Waals surface area (Å²) in [4.78, 5) is 12.4. The van der Waals surface area contributed by atoms with Crippen LogP contribution in [0.2, 0.25) is 5.02 Å². The molecule has 1 N–H and O–H groups in total. The Hall–Kier alpha value is -1.19. The van der Waals surface area contributed by atoms with Gasteiger partial charge in [-0.3, -0.25) is 4.79 Å². The highest BCUT2D eigenvalue weighted by Crippen LogP contribution is 2.28. The zero-order valence-corrected chi connectivity index (χ0v) is 17.1. The highest BCUT2D eigenvalue weighted by Gasteiger charge is 2.34. The molecule has 2 fully saturated rings. The number of rotatable bonds is 5. The van der Waals surface area contributed by atoms with Crippen LogP contribution in [0.25, 0.3) is 0 Å². The van der Waals surface area contributed by atoms with Crippen molar-refractivity contribution in [2.45, 2.75) is 49.9 Å². The van der Waals surface area contributed by atoms with Gasteiger partial charge in [-0.15, -0.1) is 0 Å². The number of ether oxygens (including phenoxy) is 2. The average molecular weight is 417 g/mol. The highest BCUT2D eigenvalue weighted by molar-refractivity contribution is 7.89. The lowest BCUT2D eigenvalue weighted by Crippen LogP contribution is -2.48. The second-order valence-electron chi connectivity index (χ2n) is 7.07. The Morgan fingerprint density at radius 3 is 2.63 bits per heavy atom. The van der Waals surface area contributed by atoms with Gasteiger partial charge in [0.25, 0.3) is 5.91 Å². The summed E-state index contributed by atoms with van der Waals surface area (Å²) in [6.07, 6.45) is 1.50. The van der Waals surface area contributed by atoms with E-state index >= 15 is 0 Å². The van der Waals surface area contributed by atoms with Crippen LogP contribution in [0.15, 0.2) is 23.1 Å². The maximum absolute atomic E-state index is 13.1. The molecule has 0 radical (unpaired) electrons. The zero-order valence-electron chi connectivity index (χ0n) is 15.5. The van der Waals surface area contributed by atoms with Gasteiger partial charge < -0.3 is 14.8 Å². The molecule has 2 saturated heterocycles. The second kappa shape index (κ2) is 8.45. The van der Waals surface area contributed by atoms with E-state index in [9.17, 15) is 13.2 Å². The number of benzene rings is 1. The Morgan fingerprint density at radius 2 is 2.00 bits per heavy atom. The van der Waals surface area contributed by atoms with Crippen LogP contribution in [0.4, 0.5) is 0 Å². The van der Waals surface area contributed by atoms with Crippen molar-refractivity contribution < 1.29 is 22.7 Å². The van der Waals surface area contributed by atoms with Crippen molar-refractivity contribution in [2.75, 3.05) is 26.2 Å². The third-order valence-electron chi connectivity index (χ3n) is 4.71. The van der Waals surface area contributed by atoms with E-state index in [-0.39, 0.29) is 52.8 Å². The van der Waals surface area contributed by atoms with E-state index in [0.717, 1.165) is 12.8 Å². The number of nitrogens with one attached hydrogen (secondary N) is 1. The molecule has 150 valence electrons. The van der Waals surface area contributed by atoms with E-state index in [1.165, 1.54) is 22.5 Å². The molecular formula is C18H25ClN2O5S. The third kappa shape index (κ3) is 4.81. The molecule has 3 rings (SSSR count). The Kier molecular flexibility index (Phi) is 6.43. The highest BCUT2D eigenvalue weighted by atomic mass is 35.5. The van der Waals surface area contributed by atoms with E-state index in [1.807, 2.05) is 13.8 Å². The lowest BCUT2D eigenvalue weighted by atomic mass is 10.2. The first-order chi connectivity index (χ1) is 12.8. The van der Waals surface area contributed by atoms with Crippen molar-refractivity contribution >= 4 is 27.5 Å². The summed E-state index contributed by atoms with van der Waals surface area (Å²) >= 11 is 6.17. The number of morpholine rings is 1. The minimum absolute atomic E-state index is 0.0146. The van der Waals surface area contributed by atoms with Crippen LogP contribution in [-0.2, 0) is 19.5 Å². The van der Waals surface area contributed by atoms with Gasteiger partial charge in [-0.1, -0.05) is 11.6 Å². The number of carbonyl (C=O) groups excluding carboxylic acids is 1. The van der Waals surface area contributed by atoms with Crippen molar-refractivity contribution in [3.05, 3.63) is 28.8 Å². The van der Waals surface area contributed by atoms with E-state index in [2.05, 4.69) is 5.32 Å². The minimum atomic E-state index is -3.83. The number of amides is 1. The first kappa shape index (κ1) is 20.5. The van der Waals surface area contributed by atoms with E-state index in [1.54, 1.807) is 0 Å². The molecule has 3 unspecified atom stereocenters. The predicted octanol–water partition coefficient (Wildman–Crippen LogP) is 2.05. The summed E-state index contributed by atoms with van der Waals surface area (Å²) in [5.41, 5.74) is 0.255. The van der Waals surface area contributed by atoms with Gasteiger partial charge in [-0.2, -0.15) is 4.31 Å². The van der Waals surface area contributed by atoms with Gasteiger partial charge in [0.2, 0.25) is 10.0 Å². The quantitative estimate of drug-likeness (QED) is 0.794. The predicted molar refractivity (Wildman–Crippen MR) is 102 cm³/mol. The minimum Gasteiger partial charge on any atom is -0.376 e. The maximum Gasteiger partial charge on any atom is 0.251 e. The van der Waals surface area contributed by atoms with Crippen molar-refractivity contribution in [3.63, 3.8) is 0 Å². The average Bonchev–Trinajstić information content (AvgIpc) is 3.12. The Labute approximate surface area is 165 Å². The molecule has 9 heteroatoms. The molecule has 0 aromatic heterocycles. The van der Waals surface area contributed by atoms with Crippen molar-refractivity contribution in [2.24, 2.45) is 0 Å². The summed E-state index contributed by atoms with van der Waals surface area (Å²) in [7, 11) is -3.83. The summed E-state index contributed by atoms with van der Waals surface area (Å²) < 4.78 is 38.6. The van der Waals surface area contributed by atoms with Gasteiger partial charge in [0.05, 0.1) is 23.3 Å². The van der Waals surface area contributed by atoms with Gasteiger partial charge in [0.15, 0.2) is 0 Å². The smallest absolute Gasteiger partial charge is 0.251 e. The summed E-state index contributed by atoms with van der Waals surface area (Å²) in [6, 6.07) is 4.31. The summed E-state index contributed by atoms with van der Waals surface area (Å²) in [5.74, 6) is -0.345. The van der Waals surface area contributed by atoms with Crippen LogP contribution in [0.3, 0.4) is 0 Å².